The summed E-state index contributed by atoms with van der Waals surface area (Å²) in [5.41, 5.74) is 9.00. The lowest BCUT2D eigenvalue weighted by Crippen LogP contribution is -2.64. The molecule has 4 aromatic carbocycles. The zero-order chi connectivity index (χ0) is 63.9. The van der Waals surface area contributed by atoms with Gasteiger partial charge in [-0.1, -0.05) is 87.4 Å². The van der Waals surface area contributed by atoms with Crippen molar-refractivity contribution in [3.8, 4) is 33.8 Å². The number of hydrogen-bond donors (Lipinski definition) is 14. The second-order valence-corrected chi connectivity index (χ2v) is 22.5. The number of carbonyl (C=O) groups is 7. The van der Waals surface area contributed by atoms with E-state index in [4.69, 9.17) is 19.9 Å². The summed E-state index contributed by atoms with van der Waals surface area (Å²) in [6.07, 6.45) is -12.9. The van der Waals surface area contributed by atoms with E-state index >= 15 is 0 Å². The molecule has 0 aliphatic carbocycles. The molecule has 3 saturated heterocycles. The van der Waals surface area contributed by atoms with Crippen LogP contribution in [0.15, 0.2) is 97.1 Å². The van der Waals surface area contributed by atoms with Crippen LogP contribution in [0.4, 0.5) is 0 Å². The van der Waals surface area contributed by atoms with Crippen LogP contribution < -0.4 is 37.1 Å². The molecule has 26 nitrogen and oxygen atoms in total. The third kappa shape index (κ3) is 17.2. The minimum absolute atomic E-state index is 0.0276. The first kappa shape index (κ1) is 67.9. The lowest BCUT2D eigenvalue weighted by atomic mass is 9.96. The Hall–Kier alpha value is -7.63. The summed E-state index contributed by atoms with van der Waals surface area (Å²) in [6, 6.07) is 15.0. The van der Waals surface area contributed by atoms with Gasteiger partial charge in [-0.25, -0.2) is 0 Å². The number of aliphatic hydroxyl groups is 7. The predicted octanol–water partition coefficient (Wildman–Crippen LogP) is -0.927. The van der Waals surface area contributed by atoms with E-state index < -0.39 is 152 Å². The molecule has 478 valence electrons. The molecule has 26 heteroatoms. The molecule has 7 rings (SSSR count). The highest BCUT2D eigenvalue weighted by molar-refractivity contribution is 6.00. The molecule has 0 spiro atoms. The third-order valence-corrected chi connectivity index (χ3v) is 15.8. The molecule has 7 amide bonds. The van der Waals surface area contributed by atoms with Gasteiger partial charge in [0.15, 0.2) is 6.23 Å². The number of fused-ring (bicyclic) bond motifs is 2. The van der Waals surface area contributed by atoms with Gasteiger partial charge in [0.1, 0.15) is 66.1 Å². The first-order valence-corrected chi connectivity index (χ1v) is 29.5. The molecule has 0 aromatic heterocycles. The van der Waals surface area contributed by atoms with Crippen LogP contribution in [0.1, 0.15) is 81.8 Å². The van der Waals surface area contributed by atoms with E-state index in [1.54, 1.807) is 12.1 Å². The van der Waals surface area contributed by atoms with Gasteiger partial charge in [0, 0.05) is 44.0 Å². The first-order valence-electron chi connectivity index (χ1n) is 29.5. The highest BCUT2D eigenvalue weighted by atomic mass is 16.5. The van der Waals surface area contributed by atoms with Crippen molar-refractivity contribution < 1.29 is 88.6 Å². The molecule has 3 heterocycles. The van der Waals surface area contributed by atoms with Crippen LogP contribution in [0.3, 0.4) is 0 Å². The Kier molecular flexibility index (Phi) is 24.3. The number of ether oxygens (including phenoxy) is 3. The summed E-state index contributed by atoms with van der Waals surface area (Å²) >= 11 is 0. The van der Waals surface area contributed by atoms with Gasteiger partial charge in [0.2, 0.25) is 35.4 Å². The van der Waals surface area contributed by atoms with Crippen LogP contribution in [0, 0.1) is 5.92 Å². The molecule has 3 fully saturated rings. The second kappa shape index (κ2) is 31.5. The quantitative estimate of drug-likeness (QED) is 0.0476. The topological polar surface area (TPSA) is 402 Å². The summed E-state index contributed by atoms with van der Waals surface area (Å²) in [7, 11) is 0. The van der Waals surface area contributed by atoms with Crippen molar-refractivity contribution in [3.63, 3.8) is 0 Å². The number of phenolic OH excluding ortho intramolecular Hbond substituents is 1. The monoisotopic (exact) mass is 1230 g/mol. The fourth-order valence-electron chi connectivity index (χ4n) is 10.8. The van der Waals surface area contributed by atoms with Gasteiger partial charge >= 0.3 is 0 Å². The molecular weight excluding hydrogens is 1140 g/mol. The fourth-order valence-corrected chi connectivity index (χ4v) is 10.8. The van der Waals surface area contributed by atoms with Crippen molar-refractivity contribution in [2.75, 3.05) is 46.1 Å². The summed E-state index contributed by atoms with van der Waals surface area (Å²) in [4.78, 5) is 104. The molecule has 15 atom stereocenters. The van der Waals surface area contributed by atoms with Crippen molar-refractivity contribution in [1.29, 1.82) is 0 Å². The normalized spacial score (nSPS) is 26.5. The lowest BCUT2D eigenvalue weighted by Gasteiger charge is -2.34. The van der Waals surface area contributed by atoms with Gasteiger partial charge in [0.25, 0.3) is 5.91 Å². The summed E-state index contributed by atoms with van der Waals surface area (Å²) in [5, 5.41) is 102. The lowest BCUT2D eigenvalue weighted by molar-refractivity contribution is -0.150. The molecule has 0 radical (unpaired) electrons. The van der Waals surface area contributed by atoms with Crippen LogP contribution in [-0.2, 0) is 38.2 Å². The average Bonchev–Trinajstić information content (AvgIpc) is 2.10. The number of hydrogen-bond acceptors (Lipinski definition) is 19. The maximum absolute atomic E-state index is 14.8. The number of carbonyl (C=O) groups excluding carboxylic acids is 7. The summed E-state index contributed by atoms with van der Waals surface area (Å²) < 4.78 is 17.2. The van der Waals surface area contributed by atoms with Crippen LogP contribution in [-0.4, -0.2) is 217 Å². The third-order valence-electron chi connectivity index (χ3n) is 15.8. The van der Waals surface area contributed by atoms with Gasteiger partial charge in [-0.05, 0) is 84.5 Å². The van der Waals surface area contributed by atoms with E-state index in [0.29, 0.717) is 6.61 Å². The minimum atomic E-state index is -2.30. The number of nitrogens with zero attached hydrogens (tertiary/aromatic N) is 2. The number of rotatable bonds is 20. The predicted molar refractivity (Wildman–Crippen MR) is 317 cm³/mol. The summed E-state index contributed by atoms with van der Waals surface area (Å²) in [6.45, 7) is 5.29. The van der Waals surface area contributed by atoms with Crippen molar-refractivity contribution >= 4 is 41.4 Å². The minimum Gasteiger partial charge on any atom is -0.508 e. The smallest absolute Gasteiger partial charge is 0.251 e. The number of amides is 7. The van der Waals surface area contributed by atoms with Gasteiger partial charge < -0.3 is 97.2 Å². The number of benzene rings is 4. The Morgan fingerprint density at radius 2 is 1.20 bits per heavy atom. The number of aliphatic hydroxyl groups excluding tert-OH is 7. The van der Waals surface area contributed by atoms with Crippen molar-refractivity contribution in [2.24, 2.45) is 11.7 Å². The summed E-state index contributed by atoms with van der Waals surface area (Å²) in [5.74, 6) is -8.44. The van der Waals surface area contributed by atoms with Gasteiger partial charge in [-0.2, -0.15) is 0 Å². The van der Waals surface area contributed by atoms with E-state index in [-0.39, 0.29) is 49.8 Å². The van der Waals surface area contributed by atoms with E-state index in [0.717, 1.165) is 83.0 Å². The largest absolute Gasteiger partial charge is 0.508 e. The van der Waals surface area contributed by atoms with Crippen LogP contribution >= 0.6 is 0 Å². The average molecular weight is 1230 g/mol. The number of aromatic hydroxyl groups is 1. The fraction of sp³-hybridized carbons (Fsp3) is 0.500. The standard InChI is InChI=1S/C62H82N8O18/c1-5-6-7-25-87-44-22-18-39(19-23-44)37-10-8-36(9-11-37)38-12-14-41(15-13-38)55(79)64-45-30-47(75)60(88-28-27-86-26-24-63)68-59(83)51-52(76)33(2)31-70(51)62(85)49(35(4)72)66-58(82)50(54(78)53(77)40-16-20-42(73)21-17-40)67-57(81)46-29-43(74)32-69(46)61(84)48(34(3)71)65-56(45)80/h8-23,33-35,43,45-54,60,71-78H,5-7,24-32,63H2,1-4H3,(H,64,79)(H,65,80)(H,66,82)(H,67,81)(H,68,83)/t33-,34+,35+,43+,45+,46?,47+,48?,49?,50?,51?,52-,53-,54-,60?/m0/s1. The van der Waals surface area contributed by atoms with E-state index in [1.165, 1.54) is 31.2 Å². The van der Waals surface area contributed by atoms with Gasteiger partial charge in [0.05, 0.1) is 50.8 Å². The molecule has 4 aromatic rings. The van der Waals surface area contributed by atoms with Crippen LogP contribution in [0.2, 0.25) is 0 Å². The van der Waals surface area contributed by atoms with E-state index in [9.17, 15) is 74.4 Å². The molecule has 0 saturated carbocycles. The molecule has 3 aliphatic heterocycles. The number of nitrogens with one attached hydrogen (secondary N) is 5. The molecule has 88 heavy (non-hydrogen) atoms. The molecule has 6 unspecified atom stereocenters. The number of unbranched alkanes of at least 4 members (excludes halogenated alkanes) is 2. The SMILES string of the molecule is CCCCCOc1ccc(-c2ccc(-c3ccc(C(=O)N[C@@H]4C[C@@H](O)C(OCCOCCN)NC(=O)C5[C@@H](O)[C@@H](C)CN5C(=O)C([C@@H](C)O)NC(=O)C([C@H](O)[C@@H](O)c5ccc(O)cc5)NC(=O)C5C[C@@H](O)CN5C(=O)C([C@@H](C)O)NC4=O)cc3)cc2)cc1. The van der Waals surface area contributed by atoms with E-state index in [2.05, 4.69) is 33.5 Å². The molecule has 0 bridgehead atoms. The number of phenols is 1. The highest BCUT2D eigenvalue weighted by Crippen LogP contribution is 2.30. The van der Waals surface area contributed by atoms with Crippen LogP contribution in [0.25, 0.3) is 22.3 Å². The highest BCUT2D eigenvalue weighted by Gasteiger charge is 2.50. The Morgan fingerprint density at radius 1 is 0.648 bits per heavy atom. The van der Waals surface area contributed by atoms with E-state index in [1.807, 2.05) is 48.5 Å². The van der Waals surface area contributed by atoms with Crippen LogP contribution in [0.5, 0.6) is 11.5 Å². The Labute approximate surface area is 509 Å². The zero-order valence-corrected chi connectivity index (χ0v) is 49.5. The van der Waals surface area contributed by atoms with Crippen molar-refractivity contribution in [1.82, 2.24) is 36.4 Å². The Balaban J connectivity index is 1.22. The van der Waals surface area contributed by atoms with Gasteiger partial charge in [-0.3, -0.25) is 33.6 Å². The van der Waals surface area contributed by atoms with Gasteiger partial charge in [-0.15, -0.1) is 0 Å². The Morgan fingerprint density at radius 3 is 1.78 bits per heavy atom. The maximum Gasteiger partial charge on any atom is 0.251 e. The molecule has 15 N–H and O–H groups in total. The molecular formula is C62H82N8O18. The second-order valence-electron chi connectivity index (χ2n) is 22.5. The van der Waals surface area contributed by atoms with Crippen molar-refractivity contribution in [3.05, 3.63) is 108 Å². The van der Waals surface area contributed by atoms with Crippen molar-refractivity contribution in [2.45, 2.75) is 145 Å². The Bertz CT molecular complexity index is 2990. The zero-order valence-electron chi connectivity index (χ0n) is 49.5. The number of nitrogens with two attached hydrogens (primary N) is 1. The first-order chi connectivity index (χ1) is 42.0. The maximum atomic E-state index is 14.8. The molecule has 3 aliphatic rings.